The van der Waals surface area contributed by atoms with Gasteiger partial charge in [0.1, 0.15) is 7.22 Å². The van der Waals surface area contributed by atoms with E-state index < -0.39 is 7.22 Å². The molecule has 0 saturated heterocycles. The van der Waals surface area contributed by atoms with Crippen LogP contribution in [0.3, 0.4) is 0 Å². The first kappa shape index (κ1) is 9.57. The van der Waals surface area contributed by atoms with Gasteiger partial charge in [-0.15, -0.1) is 12.1 Å². The summed E-state index contributed by atoms with van der Waals surface area (Å²) in [6, 6.07) is 2.52. The molecule has 0 aromatic heterocycles. The highest BCUT2D eigenvalue weighted by atomic mass is 32.3. The second-order valence-corrected chi connectivity index (χ2v) is 10.1. The van der Waals surface area contributed by atoms with E-state index in [4.69, 9.17) is 12.1 Å². The maximum absolute atomic E-state index is 5.57. The Bertz CT molecular complexity index is 77.0. The molecular weight excluding hydrogens is 144 g/mol. The summed E-state index contributed by atoms with van der Waals surface area (Å²) in [4.78, 5) is 0. The van der Waals surface area contributed by atoms with Gasteiger partial charge in [-0.2, -0.15) is 0 Å². The molecule has 0 nitrogen and oxygen atoms in total. The Labute approximate surface area is 65.1 Å². The third-order valence-electron chi connectivity index (χ3n) is 2.25. The van der Waals surface area contributed by atoms with Crippen molar-refractivity contribution < 1.29 is 0 Å². The highest BCUT2D eigenvalue weighted by Crippen LogP contribution is 2.31. The summed E-state index contributed by atoms with van der Waals surface area (Å²) in [5, 5.41) is 0. The van der Waals surface area contributed by atoms with Gasteiger partial charge in [0.2, 0.25) is 0 Å². The molecule has 55 valence electrons. The predicted octanol–water partition coefficient (Wildman–Crippen LogP) is 3.58. The van der Waals surface area contributed by atoms with Crippen LogP contribution >= 0.6 is 12.1 Å². The molecule has 0 spiro atoms. The van der Waals surface area contributed by atoms with Crippen molar-refractivity contribution in [3.8, 4) is 0 Å². The molecule has 0 saturated carbocycles. The maximum atomic E-state index is 5.57. The standard InChI is InChI=1S/C7H17SSi/c1-5-9(8,6-2)7(3)4/h7H,5-6H2,1-4H3. The number of hydrogen-bond acceptors (Lipinski definition) is 0. The molecule has 0 amide bonds. The van der Waals surface area contributed by atoms with Crippen LogP contribution in [0.1, 0.15) is 27.7 Å². The monoisotopic (exact) mass is 161 g/mol. The molecule has 0 aliphatic carbocycles. The molecule has 0 fully saturated rings. The third kappa shape index (κ3) is 2.34. The summed E-state index contributed by atoms with van der Waals surface area (Å²) in [5.74, 6) is 0. The van der Waals surface area contributed by atoms with Crippen LogP contribution in [0.15, 0.2) is 0 Å². The van der Waals surface area contributed by atoms with Gasteiger partial charge in [0.25, 0.3) is 0 Å². The fraction of sp³-hybridized carbons (Fsp3) is 1.00. The lowest BCUT2D eigenvalue weighted by Crippen LogP contribution is -2.28. The molecule has 0 N–H and O–H groups in total. The van der Waals surface area contributed by atoms with Gasteiger partial charge < -0.3 is 0 Å². The lowest BCUT2D eigenvalue weighted by molar-refractivity contribution is 0.995. The summed E-state index contributed by atoms with van der Waals surface area (Å²) >= 11 is 5.57. The van der Waals surface area contributed by atoms with Gasteiger partial charge >= 0.3 is 0 Å². The van der Waals surface area contributed by atoms with Crippen molar-refractivity contribution in [1.29, 1.82) is 0 Å². The van der Waals surface area contributed by atoms with Crippen LogP contribution in [-0.2, 0) is 0 Å². The van der Waals surface area contributed by atoms with Crippen molar-refractivity contribution in [3.63, 3.8) is 0 Å². The van der Waals surface area contributed by atoms with E-state index in [1.807, 2.05) is 0 Å². The number of rotatable bonds is 3. The summed E-state index contributed by atoms with van der Waals surface area (Å²) in [7, 11) is -1.19. The molecule has 9 heavy (non-hydrogen) atoms. The lowest BCUT2D eigenvalue weighted by atomic mass is 10.6. The van der Waals surface area contributed by atoms with Crippen LogP contribution < -0.4 is 0 Å². The van der Waals surface area contributed by atoms with E-state index in [0.717, 1.165) is 5.54 Å². The first-order valence-corrected chi connectivity index (χ1v) is 7.39. The summed E-state index contributed by atoms with van der Waals surface area (Å²) < 4.78 is 0. The predicted molar refractivity (Wildman–Crippen MR) is 49.4 cm³/mol. The molecule has 0 aliphatic heterocycles. The second kappa shape index (κ2) is 3.67. The van der Waals surface area contributed by atoms with Crippen molar-refractivity contribution in [2.24, 2.45) is 0 Å². The molecule has 0 heterocycles. The minimum absolute atomic E-state index is 0.780. The minimum Gasteiger partial charge on any atom is -0.127 e. The van der Waals surface area contributed by atoms with Gasteiger partial charge in [0.15, 0.2) is 0 Å². The Kier molecular flexibility index (Phi) is 3.90. The molecule has 0 aromatic carbocycles. The Morgan fingerprint density at radius 2 is 1.56 bits per heavy atom. The Hall–Kier alpha value is 0.567. The van der Waals surface area contributed by atoms with E-state index in [9.17, 15) is 0 Å². The normalized spacial score (nSPS) is 12.7. The van der Waals surface area contributed by atoms with E-state index >= 15 is 0 Å². The summed E-state index contributed by atoms with van der Waals surface area (Å²) in [6.45, 7) is 9.02. The topological polar surface area (TPSA) is 0 Å². The van der Waals surface area contributed by atoms with Crippen molar-refractivity contribution in [1.82, 2.24) is 0 Å². The molecule has 0 aromatic rings. The molecule has 0 unspecified atom stereocenters. The van der Waals surface area contributed by atoms with Crippen molar-refractivity contribution in [3.05, 3.63) is 0 Å². The minimum atomic E-state index is -1.19. The van der Waals surface area contributed by atoms with Gasteiger partial charge in [-0.1, -0.05) is 27.7 Å². The average Bonchev–Trinajstić information content (AvgIpc) is 1.86. The molecule has 2 heteroatoms. The highest BCUT2D eigenvalue weighted by Gasteiger charge is 2.28. The SMILES string of the molecule is CC[Si]([S])(CC)C(C)C. The quantitative estimate of drug-likeness (QED) is 0.555. The zero-order valence-electron chi connectivity index (χ0n) is 6.90. The average molecular weight is 161 g/mol. The van der Waals surface area contributed by atoms with Crippen LogP contribution in [0.5, 0.6) is 0 Å². The van der Waals surface area contributed by atoms with Gasteiger partial charge in [-0.3, -0.25) is 0 Å². The van der Waals surface area contributed by atoms with Crippen LogP contribution in [0.2, 0.25) is 17.6 Å². The van der Waals surface area contributed by atoms with E-state index in [1.165, 1.54) is 12.1 Å². The zero-order chi connectivity index (χ0) is 7.49. The van der Waals surface area contributed by atoms with Crippen LogP contribution in [0.25, 0.3) is 0 Å². The first-order valence-electron chi connectivity index (χ1n) is 3.77. The van der Waals surface area contributed by atoms with Gasteiger partial charge in [0.05, 0.1) is 0 Å². The van der Waals surface area contributed by atoms with Crippen molar-refractivity contribution in [2.75, 3.05) is 0 Å². The largest absolute Gasteiger partial charge is 0.132 e. The van der Waals surface area contributed by atoms with Gasteiger partial charge in [-0.25, -0.2) is 0 Å². The Morgan fingerprint density at radius 1 is 1.22 bits per heavy atom. The number of hydrogen-bond donors (Lipinski definition) is 0. The first-order chi connectivity index (χ1) is 4.06. The maximum Gasteiger partial charge on any atom is 0.132 e. The van der Waals surface area contributed by atoms with E-state index in [0.29, 0.717) is 0 Å². The molecule has 0 atom stereocenters. The van der Waals surface area contributed by atoms with Gasteiger partial charge in [-0.05, 0) is 17.6 Å². The fourth-order valence-corrected chi connectivity index (χ4v) is 3.20. The van der Waals surface area contributed by atoms with E-state index in [1.54, 1.807) is 0 Å². The molecule has 1 radical (unpaired) electrons. The molecule has 0 aliphatic rings. The third-order valence-corrected chi connectivity index (χ3v) is 9.89. The summed E-state index contributed by atoms with van der Waals surface area (Å²) in [5.41, 5.74) is 0.780. The van der Waals surface area contributed by atoms with Crippen molar-refractivity contribution >= 4 is 19.3 Å². The van der Waals surface area contributed by atoms with Crippen molar-refractivity contribution in [2.45, 2.75) is 45.3 Å². The lowest BCUT2D eigenvalue weighted by Gasteiger charge is -2.25. The molecule has 0 bridgehead atoms. The van der Waals surface area contributed by atoms with Crippen LogP contribution in [0, 0.1) is 0 Å². The van der Waals surface area contributed by atoms with E-state index in [2.05, 4.69) is 27.7 Å². The van der Waals surface area contributed by atoms with E-state index in [-0.39, 0.29) is 0 Å². The Morgan fingerprint density at radius 3 is 1.56 bits per heavy atom. The highest BCUT2D eigenvalue weighted by molar-refractivity contribution is 8.14. The Balaban J connectivity index is 3.92. The second-order valence-electron chi connectivity index (χ2n) is 2.93. The van der Waals surface area contributed by atoms with Crippen LogP contribution in [-0.4, -0.2) is 7.22 Å². The zero-order valence-corrected chi connectivity index (χ0v) is 8.72. The smallest absolute Gasteiger partial charge is 0.127 e. The summed E-state index contributed by atoms with van der Waals surface area (Å²) in [6.07, 6.45) is 0. The molecular formula is C7H17SSi. The van der Waals surface area contributed by atoms with Crippen LogP contribution in [0.4, 0.5) is 0 Å². The fourth-order valence-electron chi connectivity index (χ4n) is 1.07. The molecule has 0 rings (SSSR count). The van der Waals surface area contributed by atoms with Gasteiger partial charge in [0, 0.05) is 0 Å².